The molecule has 0 fully saturated rings. The van der Waals surface area contributed by atoms with E-state index >= 15 is 0 Å². The summed E-state index contributed by atoms with van der Waals surface area (Å²) in [5.41, 5.74) is 1.14. The summed E-state index contributed by atoms with van der Waals surface area (Å²) in [5, 5.41) is 9.90. The highest BCUT2D eigenvalue weighted by atomic mass is 32.1. The number of rotatable bonds is 4. The van der Waals surface area contributed by atoms with Crippen molar-refractivity contribution in [3.63, 3.8) is 0 Å². The molecular formula is C16H17N5O2S. The van der Waals surface area contributed by atoms with Crippen LogP contribution >= 0.6 is 11.3 Å². The van der Waals surface area contributed by atoms with Crippen molar-refractivity contribution in [2.75, 3.05) is 5.32 Å². The lowest BCUT2D eigenvalue weighted by atomic mass is 9.97. The largest absolute Gasteiger partial charge is 0.311 e. The molecule has 0 unspecified atom stereocenters. The number of aromatic nitrogens is 4. The van der Waals surface area contributed by atoms with Gasteiger partial charge in [-0.15, -0.1) is 11.3 Å². The summed E-state index contributed by atoms with van der Waals surface area (Å²) in [6, 6.07) is 1.68. The molecule has 0 aliphatic heterocycles. The fourth-order valence-electron chi connectivity index (χ4n) is 3.10. The van der Waals surface area contributed by atoms with E-state index in [1.807, 2.05) is 0 Å². The first-order chi connectivity index (χ1) is 11.7. The number of thiophene rings is 1. The predicted octanol–water partition coefficient (Wildman–Crippen LogP) is 2.09. The van der Waals surface area contributed by atoms with Crippen LogP contribution in [0.2, 0.25) is 0 Å². The number of carbonyl (C=O) groups excluding carboxylic acids is 1. The van der Waals surface area contributed by atoms with E-state index in [0.717, 1.165) is 29.5 Å². The second kappa shape index (κ2) is 6.20. The molecule has 7 nitrogen and oxygen atoms in total. The van der Waals surface area contributed by atoms with Crippen molar-refractivity contribution in [2.45, 2.75) is 38.6 Å². The summed E-state index contributed by atoms with van der Waals surface area (Å²) in [6.07, 6.45) is 7.63. The van der Waals surface area contributed by atoms with Crippen LogP contribution in [0.25, 0.3) is 10.2 Å². The van der Waals surface area contributed by atoms with Crippen LogP contribution < -0.4 is 10.9 Å². The highest BCUT2D eigenvalue weighted by molar-refractivity contribution is 7.18. The van der Waals surface area contributed by atoms with Crippen LogP contribution in [0, 0.1) is 0 Å². The van der Waals surface area contributed by atoms with Gasteiger partial charge in [-0.1, -0.05) is 0 Å². The van der Waals surface area contributed by atoms with Crippen molar-refractivity contribution < 1.29 is 4.79 Å². The average Bonchev–Trinajstić information content (AvgIpc) is 3.21. The van der Waals surface area contributed by atoms with Gasteiger partial charge >= 0.3 is 0 Å². The van der Waals surface area contributed by atoms with E-state index in [4.69, 9.17) is 0 Å². The zero-order valence-corrected chi connectivity index (χ0v) is 13.9. The molecule has 1 aliphatic rings. The smallest absolute Gasteiger partial charge is 0.262 e. The van der Waals surface area contributed by atoms with Crippen LogP contribution in [-0.4, -0.2) is 25.7 Å². The minimum atomic E-state index is -0.168. The standard InChI is InChI=1S/C16H17N5O2S/c22-13(19-12-5-7-18-20-12)6-8-21-9-17-15-14(16(21)23)10-3-1-2-4-11(10)24-15/h5,7,9H,1-4,6,8H2,(H2,18,19,20,22). The van der Waals surface area contributed by atoms with Crippen molar-refractivity contribution in [1.82, 2.24) is 19.7 Å². The van der Waals surface area contributed by atoms with Crippen molar-refractivity contribution in [1.29, 1.82) is 0 Å². The molecule has 1 amide bonds. The maximum absolute atomic E-state index is 12.8. The van der Waals surface area contributed by atoms with E-state index in [1.54, 1.807) is 29.9 Å². The Kier molecular flexibility index (Phi) is 3.89. The van der Waals surface area contributed by atoms with Gasteiger partial charge in [-0.05, 0) is 31.2 Å². The first-order valence-electron chi connectivity index (χ1n) is 8.01. The van der Waals surface area contributed by atoms with Gasteiger partial charge in [0.1, 0.15) is 10.6 Å². The monoisotopic (exact) mass is 343 g/mol. The molecule has 4 rings (SSSR count). The maximum atomic E-state index is 12.8. The normalized spacial score (nSPS) is 13.8. The quantitative estimate of drug-likeness (QED) is 0.758. The molecule has 124 valence electrons. The van der Waals surface area contributed by atoms with Crippen LogP contribution in [0.4, 0.5) is 5.82 Å². The molecule has 1 aliphatic carbocycles. The molecule has 0 atom stereocenters. The molecule has 0 saturated heterocycles. The van der Waals surface area contributed by atoms with E-state index in [9.17, 15) is 9.59 Å². The molecule has 0 aromatic carbocycles. The second-order valence-corrected chi connectivity index (χ2v) is 6.99. The highest BCUT2D eigenvalue weighted by Crippen LogP contribution is 2.33. The van der Waals surface area contributed by atoms with E-state index in [-0.39, 0.29) is 17.9 Å². The van der Waals surface area contributed by atoms with E-state index in [0.29, 0.717) is 12.4 Å². The van der Waals surface area contributed by atoms with Crippen LogP contribution in [0.3, 0.4) is 0 Å². The lowest BCUT2D eigenvalue weighted by Gasteiger charge is -2.10. The average molecular weight is 343 g/mol. The van der Waals surface area contributed by atoms with E-state index in [1.165, 1.54) is 21.4 Å². The van der Waals surface area contributed by atoms with Crippen LogP contribution in [0.15, 0.2) is 23.4 Å². The first-order valence-corrected chi connectivity index (χ1v) is 8.83. The number of aryl methyl sites for hydroxylation is 3. The molecule has 3 heterocycles. The van der Waals surface area contributed by atoms with Gasteiger partial charge in [0.05, 0.1) is 17.9 Å². The SMILES string of the molecule is O=C(CCn1cnc2sc3c(c2c1=O)CCCC3)Nc1ccn[nH]1. The third kappa shape index (κ3) is 2.73. The second-order valence-electron chi connectivity index (χ2n) is 5.90. The number of nitrogens with zero attached hydrogens (tertiary/aromatic N) is 3. The van der Waals surface area contributed by atoms with Gasteiger partial charge in [0.15, 0.2) is 0 Å². The molecule has 24 heavy (non-hydrogen) atoms. The molecule has 8 heteroatoms. The van der Waals surface area contributed by atoms with Crippen molar-refractivity contribution in [3.8, 4) is 0 Å². The Labute approximate surface area is 141 Å². The van der Waals surface area contributed by atoms with Gasteiger partial charge in [0.25, 0.3) is 5.56 Å². The Morgan fingerprint density at radius 2 is 2.25 bits per heavy atom. The summed E-state index contributed by atoms with van der Waals surface area (Å²) < 4.78 is 1.54. The van der Waals surface area contributed by atoms with E-state index < -0.39 is 0 Å². The molecule has 0 bridgehead atoms. The topological polar surface area (TPSA) is 92.7 Å². The molecule has 0 saturated carbocycles. The molecule has 0 radical (unpaired) electrons. The molecule has 2 N–H and O–H groups in total. The minimum Gasteiger partial charge on any atom is -0.311 e. The number of anilines is 1. The van der Waals surface area contributed by atoms with Crippen molar-refractivity contribution in [3.05, 3.63) is 39.4 Å². The van der Waals surface area contributed by atoms with Gasteiger partial charge in [0.2, 0.25) is 5.91 Å². The molecule has 0 spiro atoms. The number of nitrogens with one attached hydrogen (secondary N) is 2. The number of H-pyrrole nitrogens is 1. The lowest BCUT2D eigenvalue weighted by molar-refractivity contribution is -0.116. The van der Waals surface area contributed by atoms with Gasteiger partial charge < -0.3 is 5.32 Å². The Bertz CT molecular complexity index is 941. The lowest BCUT2D eigenvalue weighted by Crippen LogP contribution is -2.24. The zero-order chi connectivity index (χ0) is 16.5. The third-order valence-electron chi connectivity index (χ3n) is 4.30. The van der Waals surface area contributed by atoms with Crippen LogP contribution in [0.1, 0.15) is 29.7 Å². The number of aromatic amines is 1. The number of fused-ring (bicyclic) bond motifs is 3. The fraction of sp³-hybridized carbons (Fsp3) is 0.375. The first kappa shape index (κ1) is 15.1. The Morgan fingerprint density at radius 3 is 3.08 bits per heavy atom. The van der Waals surface area contributed by atoms with Gasteiger partial charge in [-0.2, -0.15) is 5.10 Å². The predicted molar refractivity (Wildman–Crippen MR) is 92.4 cm³/mol. The summed E-state index contributed by atoms with van der Waals surface area (Å²) in [4.78, 5) is 31.3. The molecule has 3 aromatic heterocycles. The van der Waals surface area contributed by atoms with E-state index in [2.05, 4.69) is 20.5 Å². The Morgan fingerprint density at radius 1 is 1.38 bits per heavy atom. The third-order valence-corrected chi connectivity index (χ3v) is 5.50. The Balaban J connectivity index is 1.55. The molecule has 3 aromatic rings. The van der Waals surface area contributed by atoms with Crippen LogP contribution in [-0.2, 0) is 24.2 Å². The Hall–Kier alpha value is -2.48. The summed E-state index contributed by atoms with van der Waals surface area (Å²) in [5.74, 6) is 0.381. The van der Waals surface area contributed by atoms with Gasteiger partial charge in [-0.3, -0.25) is 19.3 Å². The van der Waals surface area contributed by atoms with Crippen molar-refractivity contribution >= 4 is 33.3 Å². The highest BCUT2D eigenvalue weighted by Gasteiger charge is 2.20. The minimum absolute atomic E-state index is 0.0336. The summed E-state index contributed by atoms with van der Waals surface area (Å²) >= 11 is 1.63. The fourth-order valence-corrected chi connectivity index (χ4v) is 4.32. The zero-order valence-electron chi connectivity index (χ0n) is 13.0. The van der Waals surface area contributed by atoms with Gasteiger partial charge in [-0.25, -0.2) is 4.98 Å². The van der Waals surface area contributed by atoms with Gasteiger partial charge in [0, 0.05) is 23.9 Å². The molecular weight excluding hydrogens is 326 g/mol. The number of hydrogen-bond donors (Lipinski definition) is 2. The summed E-state index contributed by atoms with van der Waals surface area (Å²) in [7, 11) is 0. The summed E-state index contributed by atoms with van der Waals surface area (Å²) in [6.45, 7) is 0.312. The number of amides is 1. The number of hydrogen-bond acceptors (Lipinski definition) is 5. The van der Waals surface area contributed by atoms with Crippen LogP contribution in [0.5, 0.6) is 0 Å². The number of carbonyl (C=O) groups is 1. The van der Waals surface area contributed by atoms with Crippen molar-refractivity contribution in [2.24, 2.45) is 0 Å². The maximum Gasteiger partial charge on any atom is 0.262 e.